The van der Waals surface area contributed by atoms with Crippen LogP contribution in [-0.2, 0) is 11.3 Å². The maximum absolute atomic E-state index is 6.21. The molecule has 0 saturated carbocycles. The van der Waals surface area contributed by atoms with Crippen molar-refractivity contribution in [3.05, 3.63) is 47.0 Å². The van der Waals surface area contributed by atoms with Crippen LogP contribution in [0.1, 0.15) is 12.5 Å². The molecule has 0 radical (unpaired) electrons. The third kappa shape index (κ3) is 4.54. The molecule has 1 saturated heterocycles. The monoisotopic (exact) mass is 376 g/mol. The first-order valence-electron chi connectivity index (χ1n) is 8.87. The Morgan fingerprint density at radius 2 is 1.88 bits per heavy atom. The van der Waals surface area contributed by atoms with Crippen LogP contribution in [0.2, 0.25) is 5.02 Å². The first-order valence-corrected chi connectivity index (χ1v) is 9.25. The number of hydrogen-bond donors (Lipinski definition) is 1. The molecular formula is C20H25ClN2O3. The van der Waals surface area contributed by atoms with Gasteiger partial charge in [-0.2, -0.15) is 0 Å². The van der Waals surface area contributed by atoms with E-state index in [2.05, 4.69) is 34.5 Å². The van der Waals surface area contributed by atoms with Gasteiger partial charge in [0.05, 0.1) is 26.9 Å². The Bertz CT molecular complexity index is 716. The van der Waals surface area contributed by atoms with Gasteiger partial charge in [-0.25, -0.2) is 0 Å². The fourth-order valence-electron chi connectivity index (χ4n) is 3.02. The SMILES string of the molecule is CCOc1c(CNc2ccc(N3CCOCC3)cc2)cc(Cl)cc1OC. The molecule has 0 unspecified atom stereocenters. The lowest BCUT2D eigenvalue weighted by molar-refractivity contribution is 0.122. The minimum absolute atomic E-state index is 0.569. The number of hydrogen-bond acceptors (Lipinski definition) is 5. The van der Waals surface area contributed by atoms with Gasteiger partial charge in [0, 0.05) is 47.7 Å². The van der Waals surface area contributed by atoms with Crippen molar-refractivity contribution in [1.29, 1.82) is 0 Å². The van der Waals surface area contributed by atoms with Crippen molar-refractivity contribution in [2.75, 3.05) is 50.2 Å². The van der Waals surface area contributed by atoms with Crippen molar-refractivity contribution < 1.29 is 14.2 Å². The van der Waals surface area contributed by atoms with Crippen molar-refractivity contribution in [2.45, 2.75) is 13.5 Å². The molecule has 6 heteroatoms. The highest BCUT2D eigenvalue weighted by Crippen LogP contribution is 2.35. The molecule has 1 heterocycles. The van der Waals surface area contributed by atoms with Crippen LogP contribution in [0.4, 0.5) is 11.4 Å². The Hall–Kier alpha value is -2.11. The topological polar surface area (TPSA) is 43.0 Å². The van der Waals surface area contributed by atoms with Crippen molar-refractivity contribution in [3.63, 3.8) is 0 Å². The molecule has 1 aliphatic heterocycles. The van der Waals surface area contributed by atoms with E-state index in [-0.39, 0.29) is 0 Å². The fraction of sp³-hybridized carbons (Fsp3) is 0.400. The number of morpholine rings is 1. The van der Waals surface area contributed by atoms with E-state index in [9.17, 15) is 0 Å². The van der Waals surface area contributed by atoms with E-state index >= 15 is 0 Å². The van der Waals surface area contributed by atoms with E-state index in [0.29, 0.717) is 23.9 Å². The summed E-state index contributed by atoms with van der Waals surface area (Å²) < 4.78 is 16.6. The van der Waals surface area contributed by atoms with E-state index in [1.54, 1.807) is 13.2 Å². The molecule has 0 aromatic heterocycles. The Morgan fingerprint density at radius 1 is 1.15 bits per heavy atom. The standard InChI is InChI=1S/C20H25ClN2O3/c1-3-26-20-15(12-16(21)13-19(20)24-2)14-22-17-4-6-18(7-5-17)23-8-10-25-11-9-23/h4-7,12-13,22H,3,8-11,14H2,1-2H3. The van der Waals surface area contributed by atoms with Gasteiger partial charge in [0.1, 0.15) is 0 Å². The highest BCUT2D eigenvalue weighted by molar-refractivity contribution is 6.30. The Labute approximate surface area is 159 Å². The van der Waals surface area contributed by atoms with Crippen molar-refractivity contribution in [1.82, 2.24) is 0 Å². The molecular weight excluding hydrogens is 352 g/mol. The van der Waals surface area contributed by atoms with Gasteiger partial charge in [-0.1, -0.05) is 11.6 Å². The molecule has 2 aromatic carbocycles. The largest absolute Gasteiger partial charge is 0.493 e. The van der Waals surface area contributed by atoms with Gasteiger partial charge < -0.3 is 24.4 Å². The summed E-state index contributed by atoms with van der Waals surface area (Å²) in [5.41, 5.74) is 3.23. The second-order valence-electron chi connectivity index (χ2n) is 6.03. The lowest BCUT2D eigenvalue weighted by Gasteiger charge is -2.29. The molecule has 1 fully saturated rings. The smallest absolute Gasteiger partial charge is 0.166 e. The van der Waals surface area contributed by atoms with Crippen LogP contribution in [-0.4, -0.2) is 40.0 Å². The van der Waals surface area contributed by atoms with Crippen LogP contribution in [0.25, 0.3) is 0 Å². The first kappa shape index (κ1) is 18.7. The van der Waals surface area contributed by atoms with Crippen LogP contribution >= 0.6 is 11.6 Å². The molecule has 0 bridgehead atoms. The molecule has 0 spiro atoms. The average molecular weight is 377 g/mol. The summed E-state index contributed by atoms with van der Waals surface area (Å²) in [6, 6.07) is 12.1. The number of ether oxygens (including phenoxy) is 3. The van der Waals surface area contributed by atoms with Crippen LogP contribution in [0.15, 0.2) is 36.4 Å². The van der Waals surface area contributed by atoms with E-state index in [4.69, 9.17) is 25.8 Å². The molecule has 5 nitrogen and oxygen atoms in total. The van der Waals surface area contributed by atoms with Gasteiger partial charge in [0.25, 0.3) is 0 Å². The number of benzene rings is 2. The second kappa shape index (κ2) is 9.01. The summed E-state index contributed by atoms with van der Waals surface area (Å²) in [4.78, 5) is 2.34. The van der Waals surface area contributed by atoms with Crippen molar-refractivity contribution >= 4 is 23.0 Å². The molecule has 3 rings (SSSR count). The zero-order valence-electron chi connectivity index (χ0n) is 15.3. The predicted molar refractivity (Wildman–Crippen MR) is 106 cm³/mol. The number of halogens is 1. The summed E-state index contributed by atoms with van der Waals surface area (Å²) >= 11 is 6.21. The normalized spacial score (nSPS) is 14.2. The predicted octanol–water partition coefficient (Wildman–Crippen LogP) is 4.20. The van der Waals surface area contributed by atoms with Crippen LogP contribution in [0.3, 0.4) is 0 Å². The van der Waals surface area contributed by atoms with Gasteiger partial charge in [0.2, 0.25) is 0 Å². The Balaban J connectivity index is 1.69. The van der Waals surface area contributed by atoms with Crippen molar-refractivity contribution in [3.8, 4) is 11.5 Å². The number of rotatable bonds is 7. The van der Waals surface area contributed by atoms with Gasteiger partial charge in [-0.15, -0.1) is 0 Å². The maximum Gasteiger partial charge on any atom is 0.166 e. The van der Waals surface area contributed by atoms with Crippen LogP contribution in [0.5, 0.6) is 11.5 Å². The van der Waals surface area contributed by atoms with E-state index in [0.717, 1.165) is 43.3 Å². The number of methoxy groups -OCH3 is 1. The molecule has 1 aliphatic rings. The lowest BCUT2D eigenvalue weighted by atomic mass is 10.1. The lowest BCUT2D eigenvalue weighted by Crippen LogP contribution is -2.36. The molecule has 26 heavy (non-hydrogen) atoms. The van der Waals surface area contributed by atoms with Gasteiger partial charge in [0.15, 0.2) is 11.5 Å². The minimum Gasteiger partial charge on any atom is -0.493 e. The minimum atomic E-state index is 0.569. The second-order valence-corrected chi connectivity index (χ2v) is 6.47. The maximum atomic E-state index is 6.21. The fourth-order valence-corrected chi connectivity index (χ4v) is 3.25. The van der Waals surface area contributed by atoms with Crippen LogP contribution in [0, 0.1) is 0 Å². The van der Waals surface area contributed by atoms with Gasteiger partial charge >= 0.3 is 0 Å². The average Bonchev–Trinajstić information content (AvgIpc) is 2.69. The van der Waals surface area contributed by atoms with E-state index in [1.807, 2.05) is 13.0 Å². The summed E-state index contributed by atoms with van der Waals surface area (Å²) in [6.07, 6.45) is 0. The molecule has 1 N–H and O–H groups in total. The zero-order valence-corrected chi connectivity index (χ0v) is 16.0. The number of nitrogens with one attached hydrogen (secondary N) is 1. The van der Waals surface area contributed by atoms with E-state index in [1.165, 1.54) is 5.69 Å². The third-order valence-corrected chi connectivity index (χ3v) is 4.55. The highest BCUT2D eigenvalue weighted by Gasteiger charge is 2.13. The summed E-state index contributed by atoms with van der Waals surface area (Å²) in [5, 5.41) is 4.06. The highest BCUT2D eigenvalue weighted by atomic mass is 35.5. The van der Waals surface area contributed by atoms with Gasteiger partial charge in [-0.05, 0) is 37.3 Å². The van der Waals surface area contributed by atoms with Crippen molar-refractivity contribution in [2.24, 2.45) is 0 Å². The van der Waals surface area contributed by atoms with E-state index < -0.39 is 0 Å². The first-order chi connectivity index (χ1) is 12.7. The third-order valence-electron chi connectivity index (χ3n) is 4.33. The molecule has 0 amide bonds. The quantitative estimate of drug-likeness (QED) is 0.784. The molecule has 140 valence electrons. The van der Waals surface area contributed by atoms with Gasteiger partial charge in [-0.3, -0.25) is 0 Å². The Morgan fingerprint density at radius 3 is 2.54 bits per heavy atom. The number of nitrogens with zero attached hydrogens (tertiary/aromatic N) is 1. The number of anilines is 2. The summed E-state index contributed by atoms with van der Waals surface area (Å²) in [6.45, 7) is 6.57. The molecule has 0 atom stereocenters. The summed E-state index contributed by atoms with van der Waals surface area (Å²) in [7, 11) is 1.62. The zero-order chi connectivity index (χ0) is 18.4. The van der Waals surface area contributed by atoms with Crippen LogP contribution < -0.4 is 19.7 Å². The summed E-state index contributed by atoms with van der Waals surface area (Å²) in [5.74, 6) is 1.38. The Kier molecular flexibility index (Phi) is 6.47. The molecule has 2 aromatic rings. The molecule has 0 aliphatic carbocycles.